The minimum Gasteiger partial charge on any atom is -0.618 e. The number of ether oxygens (including phenoxy) is 2. The van der Waals surface area contributed by atoms with Gasteiger partial charge in [-0.15, -0.1) is 0 Å². The first kappa shape index (κ1) is 17.3. The van der Waals surface area contributed by atoms with E-state index in [2.05, 4.69) is 5.32 Å². The number of methoxy groups -OCH3 is 1. The summed E-state index contributed by atoms with van der Waals surface area (Å²) in [7, 11) is 1.49. The average Bonchev–Trinajstić information content (AvgIpc) is 2.55. The van der Waals surface area contributed by atoms with Crippen LogP contribution in [0.25, 0.3) is 0 Å². The topological polar surface area (TPSA) is 91.6 Å². The van der Waals surface area contributed by atoms with Crippen molar-refractivity contribution in [2.45, 2.75) is 20.0 Å². The highest BCUT2D eigenvalue weighted by Crippen LogP contribution is 2.25. The molecule has 7 heteroatoms. The van der Waals surface area contributed by atoms with Gasteiger partial charge in [-0.2, -0.15) is 4.73 Å². The Morgan fingerprint density at radius 3 is 2.67 bits per heavy atom. The molecule has 0 aliphatic carbocycles. The minimum absolute atomic E-state index is 0.190. The fourth-order valence-corrected chi connectivity index (χ4v) is 2.01. The Kier molecular flexibility index (Phi) is 5.36. The summed E-state index contributed by atoms with van der Waals surface area (Å²) in [5.41, 5.74) is 1.22. The maximum Gasteiger partial charge on any atom is 0.405 e. The van der Waals surface area contributed by atoms with E-state index in [1.807, 2.05) is 13.0 Å². The highest BCUT2D eigenvalue weighted by Gasteiger charge is 2.24. The predicted octanol–water partition coefficient (Wildman–Crippen LogP) is 1.82. The van der Waals surface area contributed by atoms with E-state index in [0.717, 1.165) is 5.56 Å². The largest absolute Gasteiger partial charge is 0.618 e. The second-order valence-electron chi connectivity index (χ2n) is 5.15. The highest BCUT2D eigenvalue weighted by molar-refractivity contribution is 5.97. The van der Waals surface area contributed by atoms with Crippen molar-refractivity contribution in [3.05, 3.63) is 59.1 Å². The molecule has 0 saturated carbocycles. The van der Waals surface area contributed by atoms with E-state index in [1.165, 1.54) is 38.4 Å². The third kappa shape index (κ3) is 4.01. The van der Waals surface area contributed by atoms with Gasteiger partial charge in [-0.3, -0.25) is 4.79 Å². The molecule has 1 N–H and O–H groups in total. The number of benzene rings is 1. The van der Waals surface area contributed by atoms with Crippen molar-refractivity contribution >= 4 is 17.6 Å². The molecule has 0 saturated heterocycles. The van der Waals surface area contributed by atoms with Gasteiger partial charge in [0.25, 0.3) is 5.91 Å². The van der Waals surface area contributed by atoms with Crippen LogP contribution in [-0.2, 0) is 9.53 Å². The standard InChI is InChI=1S/C17H18N2O5/c1-11-7-8-15(23-3)13(10-11)18-16(20)12(2)24-17(21)14-6-4-5-9-19(14)22/h4-10,12H,1-3H3,(H,18,20)/t12-/m1/s1. The zero-order valence-electron chi connectivity index (χ0n) is 13.6. The van der Waals surface area contributed by atoms with Crippen LogP contribution in [-0.4, -0.2) is 25.1 Å². The summed E-state index contributed by atoms with van der Waals surface area (Å²) in [6, 6.07) is 9.67. The number of amides is 1. The Labute approximate surface area is 139 Å². The number of carbonyl (C=O) groups excluding carboxylic acids is 2. The van der Waals surface area contributed by atoms with Gasteiger partial charge in [-0.25, -0.2) is 4.79 Å². The van der Waals surface area contributed by atoms with E-state index in [9.17, 15) is 14.8 Å². The number of aryl methyl sites for hydroxylation is 1. The van der Waals surface area contributed by atoms with Gasteiger partial charge in [0.15, 0.2) is 12.3 Å². The fraction of sp³-hybridized carbons (Fsp3) is 0.235. The van der Waals surface area contributed by atoms with E-state index >= 15 is 0 Å². The SMILES string of the molecule is COc1ccc(C)cc1NC(=O)[C@@H](C)OC(=O)c1cccc[n+]1[O-]. The predicted molar refractivity (Wildman–Crippen MR) is 86.6 cm³/mol. The van der Waals surface area contributed by atoms with Gasteiger partial charge in [-0.05, 0) is 37.6 Å². The zero-order valence-corrected chi connectivity index (χ0v) is 13.6. The molecule has 1 aromatic heterocycles. The number of nitrogens with one attached hydrogen (secondary N) is 1. The second-order valence-corrected chi connectivity index (χ2v) is 5.15. The average molecular weight is 330 g/mol. The molecule has 2 aromatic rings. The van der Waals surface area contributed by atoms with Gasteiger partial charge < -0.3 is 20.0 Å². The third-order valence-electron chi connectivity index (χ3n) is 3.30. The Balaban J connectivity index is 2.06. The monoisotopic (exact) mass is 330 g/mol. The first-order valence-corrected chi connectivity index (χ1v) is 7.27. The summed E-state index contributed by atoms with van der Waals surface area (Å²) < 4.78 is 10.6. The van der Waals surface area contributed by atoms with Crippen LogP contribution in [0.4, 0.5) is 5.69 Å². The number of rotatable bonds is 5. The van der Waals surface area contributed by atoms with Crippen LogP contribution in [0.2, 0.25) is 0 Å². The first-order valence-electron chi connectivity index (χ1n) is 7.27. The van der Waals surface area contributed by atoms with E-state index in [0.29, 0.717) is 16.2 Å². The normalized spacial score (nSPS) is 11.5. The van der Waals surface area contributed by atoms with Crippen molar-refractivity contribution in [3.63, 3.8) is 0 Å². The van der Waals surface area contributed by atoms with Crippen LogP contribution in [0, 0.1) is 12.1 Å². The maximum atomic E-state index is 12.2. The Hall–Kier alpha value is -3.09. The van der Waals surface area contributed by atoms with E-state index in [-0.39, 0.29) is 5.69 Å². The molecule has 126 valence electrons. The summed E-state index contributed by atoms with van der Waals surface area (Å²) in [6.07, 6.45) is 0.0989. The molecule has 24 heavy (non-hydrogen) atoms. The molecule has 0 aliphatic heterocycles. The number of hydrogen-bond donors (Lipinski definition) is 1. The molecule has 1 heterocycles. The molecule has 0 unspecified atom stereocenters. The van der Waals surface area contributed by atoms with Crippen molar-refractivity contribution in [1.29, 1.82) is 0 Å². The number of nitrogens with zero attached hydrogens (tertiary/aromatic N) is 1. The number of anilines is 1. The quantitative estimate of drug-likeness (QED) is 0.513. The molecule has 0 aliphatic rings. The van der Waals surface area contributed by atoms with E-state index in [1.54, 1.807) is 12.1 Å². The second kappa shape index (κ2) is 7.45. The Morgan fingerprint density at radius 1 is 1.25 bits per heavy atom. The van der Waals surface area contributed by atoms with Gasteiger partial charge in [0, 0.05) is 12.1 Å². The van der Waals surface area contributed by atoms with E-state index < -0.39 is 18.0 Å². The Bertz CT molecular complexity index is 760. The molecule has 0 radical (unpaired) electrons. The molecule has 0 fully saturated rings. The van der Waals surface area contributed by atoms with Crippen LogP contribution in [0.15, 0.2) is 42.6 Å². The fourth-order valence-electron chi connectivity index (χ4n) is 2.01. The summed E-state index contributed by atoms with van der Waals surface area (Å²) in [5.74, 6) is -0.905. The van der Waals surface area contributed by atoms with Crippen LogP contribution in [0.1, 0.15) is 23.0 Å². The molecule has 1 aromatic carbocycles. The van der Waals surface area contributed by atoms with Gasteiger partial charge in [0.05, 0.1) is 12.8 Å². The van der Waals surface area contributed by atoms with Crippen molar-refractivity contribution in [3.8, 4) is 5.75 Å². The number of carbonyl (C=O) groups is 2. The summed E-state index contributed by atoms with van der Waals surface area (Å²) >= 11 is 0. The van der Waals surface area contributed by atoms with Crippen molar-refractivity contribution in [2.75, 3.05) is 12.4 Å². The molecule has 1 amide bonds. The van der Waals surface area contributed by atoms with Crippen LogP contribution in [0.5, 0.6) is 5.75 Å². The van der Waals surface area contributed by atoms with Gasteiger partial charge in [0.1, 0.15) is 5.75 Å². The van der Waals surface area contributed by atoms with Gasteiger partial charge in [0.2, 0.25) is 0 Å². The molecule has 0 bridgehead atoms. The number of aromatic nitrogens is 1. The summed E-state index contributed by atoms with van der Waals surface area (Å²) in [6.45, 7) is 3.30. The lowest BCUT2D eigenvalue weighted by Gasteiger charge is -2.15. The molecule has 1 atom stereocenters. The molecule has 7 nitrogen and oxygen atoms in total. The molecular weight excluding hydrogens is 312 g/mol. The Morgan fingerprint density at radius 2 is 2.00 bits per heavy atom. The lowest BCUT2D eigenvalue weighted by molar-refractivity contribution is -0.608. The van der Waals surface area contributed by atoms with Crippen LogP contribution < -0.4 is 14.8 Å². The van der Waals surface area contributed by atoms with E-state index in [4.69, 9.17) is 9.47 Å². The van der Waals surface area contributed by atoms with Crippen LogP contribution in [0.3, 0.4) is 0 Å². The van der Waals surface area contributed by atoms with Crippen molar-refractivity contribution < 1.29 is 23.8 Å². The van der Waals surface area contributed by atoms with Gasteiger partial charge in [-0.1, -0.05) is 6.07 Å². The van der Waals surface area contributed by atoms with Crippen molar-refractivity contribution in [1.82, 2.24) is 0 Å². The number of pyridine rings is 1. The number of hydrogen-bond acceptors (Lipinski definition) is 5. The minimum atomic E-state index is -1.08. The molecule has 0 spiro atoms. The first-order chi connectivity index (χ1) is 11.4. The van der Waals surface area contributed by atoms with Crippen LogP contribution >= 0.6 is 0 Å². The smallest absolute Gasteiger partial charge is 0.405 e. The summed E-state index contributed by atoms with van der Waals surface area (Å²) in [5, 5.41) is 14.2. The molecule has 2 rings (SSSR count). The number of esters is 1. The van der Waals surface area contributed by atoms with Crippen molar-refractivity contribution in [2.24, 2.45) is 0 Å². The molecular formula is C17H18N2O5. The lowest BCUT2D eigenvalue weighted by Crippen LogP contribution is -2.37. The highest BCUT2D eigenvalue weighted by atomic mass is 16.6. The van der Waals surface area contributed by atoms with Gasteiger partial charge >= 0.3 is 11.7 Å². The summed E-state index contributed by atoms with van der Waals surface area (Å²) in [4.78, 5) is 24.2. The maximum absolute atomic E-state index is 12.2. The lowest BCUT2D eigenvalue weighted by atomic mass is 10.2. The third-order valence-corrected chi connectivity index (χ3v) is 3.30. The zero-order chi connectivity index (χ0) is 17.7.